The Labute approximate surface area is 175 Å². The Balaban J connectivity index is 1.62. The number of rotatable bonds is 4. The van der Waals surface area contributed by atoms with Gasteiger partial charge in [0, 0.05) is 6.61 Å². The molecule has 4 saturated carbocycles. The highest BCUT2D eigenvalue weighted by Gasteiger charge is 2.64. The molecule has 162 valence electrons. The van der Waals surface area contributed by atoms with Crippen molar-refractivity contribution in [1.82, 2.24) is 0 Å². The minimum atomic E-state index is 0.368. The molecule has 1 unspecified atom stereocenters. The van der Waals surface area contributed by atoms with Crippen LogP contribution >= 0.6 is 0 Å². The number of hydrogen-bond acceptors (Lipinski definition) is 1. The normalized spacial score (nSPS) is 54.5. The predicted molar refractivity (Wildman–Crippen MR) is 119 cm³/mol. The SMILES string of the molecule is CC1CC[C@@]2(C)[C@@H](C1)C[C@@H](C)[C@@H]1[C@@H]2C[C@H](C)[C@]2(C)[C@@H]([C@H](C)CCCO)CC[C@@H]12. The van der Waals surface area contributed by atoms with Crippen molar-refractivity contribution < 1.29 is 5.11 Å². The molecule has 0 aromatic rings. The molecule has 0 bridgehead atoms. The maximum Gasteiger partial charge on any atom is 0.0431 e. The summed E-state index contributed by atoms with van der Waals surface area (Å²) in [7, 11) is 0. The van der Waals surface area contributed by atoms with Gasteiger partial charge in [-0.2, -0.15) is 0 Å². The molecule has 0 aromatic carbocycles. The van der Waals surface area contributed by atoms with Crippen LogP contribution in [0.15, 0.2) is 0 Å². The summed E-state index contributed by atoms with van der Waals surface area (Å²) in [5.41, 5.74) is 1.16. The molecule has 0 aliphatic heterocycles. The average Bonchev–Trinajstić information content (AvgIpc) is 3.01. The summed E-state index contributed by atoms with van der Waals surface area (Å²) in [6.45, 7) is 16.1. The molecule has 0 aromatic heterocycles. The van der Waals surface area contributed by atoms with Crippen molar-refractivity contribution in [1.29, 1.82) is 0 Å². The summed E-state index contributed by atoms with van der Waals surface area (Å²) in [6, 6.07) is 0. The molecule has 4 fully saturated rings. The van der Waals surface area contributed by atoms with Crippen LogP contribution in [-0.4, -0.2) is 11.7 Å². The summed E-state index contributed by atoms with van der Waals surface area (Å²) in [4.78, 5) is 0. The highest BCUT2D eigenvalue weighted by atomic mass is 16.2. The second kappa shape index (κ2) is 7.58. The second-order valence-electron chi connectivity index (χ2n) is 12.6. The lowest BCUT2D eigenvalue weighted by Crippen LogP contribution is -2.58. The van der Waals surface area contributed by atoms with Crippen LogP contribution in [-0.2, 0) is 0 Å². The molecule has 1 nitrogen and oxygen atoms in total. The number of aliphatic hydroxyl groups excluding tert-OH is 1. The highest BCUT2D eigenvalue weighted by Crippen LogP contribution is 2.71. The average molecular weight is 389 g/mol. The summed E-state index contributed by atoms with van der Waals surface area (Å²) < 4.78 is 0. The molecule has 28 heavy (non-hydrogen) atoms. The zero-order valence-electron chi connectivity index (χ0n) is 19.7. The maximum atomic E-state index is 9.35. The number of aliphatic hydroxyl groups is 1. The third-order valence-electron chi connectivity index (χ3n) is 11.4. The van der Waals surface area contributed by atoms with Gasteiger partial charge in [-0.1, -0.05) is 48.0 Å². The van der Waals surface area contributed by atoms with E-state index in [9.17, 15) is 5.11 Å². The van der Waals surface area contributed by atoms with Crippen LogP contribution in [0, 0.1) is 64.1 Å². The first-order valence-corrected chi connectivity index (χ1v) is 12.8. The van der Waals surface area contributed by atoms with Gasteiger partial charge in [0.05, 0.1) is 0 Å². The van der Waals surface area contributed by atoms with Crippen LogP contribution < -0.4 is 0 Å². The zero-order valence-corrected chi connectivity index (χ0v) is 19.7. The van der Waals surface area contributed by atoms with Crippen molar-refractivity contribution in [3.05, 3.63) is 0 Å². The Bertz CT molecular complexity index is 556. The molecule has 0 heterocycles. The van der Waals surface area contributed by atoms with E-state index in [2.05, 4.69) is 41.5 Å². The minimum absolute atomic E-state index is 0.368. The van der Waals surface area contributed by atoms with Gasteiger partial charge in [0.25, 0.3) is 0 Å². The van der Waals surface area contributed by atoms with Crippen LogP contribution in [0.1, 0.15) is 99.3 Å². The standard InChI is InChI=1S/C27H48O/c1-17-11-12-26(5)21(14-17)15-19(3)25-23-10-9-22(18(2)8-7-13-28)27(23,6)20(4)16-24(25)26/h17-25,28H,7-16H2,1-6H3/t17?,18-,19-,20+,21+,22-,23+,24+,25+,26+,27-/m1/s1. The Hall–Kier alpha value is -0.0400. The summed E-state index contributed by atoms with van der Waals surface area (Å²) in [5, 5.41) is 9.35. The first kappa shape index (κ1) is 21.2. The van der Waals surface area contributed by atoms with E-state index in [4.69, 9.17) is 0 Å². The topological polar surface area (TPSA) is 20.2 Å². The molecular formula is C27H48O. The third kappa shape index (κ3) is 3.04. The van der Waals surface area contributed by atoms with Crippen LogP contribution in [0.4, 0.5) is 0 Å². The molecule has 0 amide bonds. The van der Waals surface area contributed by atoms with Gasteiger partial charge < -0.3 is 5.11 Å². The lowest BCUT2D eigenvalue weighted by atomic mass is 9.40. The van der Waals surface area contributed by atoms with Gasteiger partial charge in [-0.25, -0.2) is 0 Å². The van der Waals surface area contributed by atoms with Gasteiger partial charge in [-0.05, 0) is 115 Å². The van der Waals surface area contributed by atoms with Gasteiger partial charge in [-0.15, -0.1) is 0 Å². The second-order valence-corrected chi connectivity index (χ2v) is 12.6. The third-order valence-corrected chi connectivity index (χ3v) is 11.4. The van der Waals surface area contributed by atoms with E-state index in [1.807, 2.05) is 0 Å². The fourth-order valence-electron chi connectivity index (χ4n) is 9.77. The van der Waals surface area contributed by atoms with Crippen LogP contribution in [0.25, 0.3) is 0 Å². The fraction of sp³-hybridized carbons (Fsp3) is 1.00. The van der Waals surface area contributed by atoms with Gasteiger partial charge in [-0.3, -0.25) is 0 Å². The maximum absolute atomic E-state index is 9.35. The van der Waals surface area contributed by atoms with Gasteiger partial charge >= 0.3 is 0 Å². The minimum Gasteiger partial charge on any atom is -0.396 e. The summed E-state index contributed by atoms with van der Waals surface area (Å²) >= 11 is 0. The van der Waals surface area contributed by atoms with Crippen LogP contribution in [0.2, 0.25) is 0 Å². The van der Waals surface area contributed by atoms with Gasteiger partial charge in [0.1, 0.15) is 0 Å². The van der Waals surface area contributed by atoms with Gasteiger partial charge in [0.2, 0.25) is 0 Å². The number of hydrogen-bond donors (Lipinski definition) is 1. The lowest BCUT2D eigenvalue weighted by Gasteiger charge is -2.65. The molecule has 1 N–H and O–H groups in total. The van der Waals surface area contributed by atoms with Crippen molar-refractivity contribution >= 4 is 0 Å². The molecule has 4 aliphatic rings. The molecule has 0 radical (unpaired) electrons. The van der Waals surface area contributed by atoms with Crippen molar-refractivity contribution in [2.24, 2.45) is 64.1 Å². The van der Waals surface area contributed by atoms with E-state index in [-0.39, 0.29) is 0 Å². The molecule has 11 atom stereocenters. The van der Waals surface area contributed by atoms with Crippen LogP contribution in [0.5, 0.6) is 0 Å². The first-order chi connectivity index (χ1) is 13.2. The fourth-order valence-corrected chi connectivity index (χ4v) is 9.77. The smallest absolute Gasteiger partial charge is 0.0431 e. The van der Waals surface area contributed by atoms with Crippen molar-refractivity contribution in [2.45, 2.75) is 99.3 Å². The van der Waals surface area contributed by atoms with E-state index >= 15 is 0 Å². The number of fused-ring (bicyclic) bond motifs is 5. The van der Waals surface area contributed by atoms with Crippen LogP contribution in [0.3, 0.4) is 0 Å². The van der Waals surface area contributed by atoms with Gasteiger partial charge in [0.15, 0.2) is 0 Å². The monoisotopic (exact) mass is 388 g/mol. The molecule has 4 rings (SSSR count). The Morgan fingerprint density at radius 2 is 1.71 bits per heavy atom. The largest absolute Gasteiger partial charge is 0.396 e. The molecule has 0 saturated heterocycles. The van der Waals surface area contributed by atoms with E-state index in [0.717, 1.165) is 59.7 Å². The van der Waals surface area contributed by atoms with Crippen molar-refractivity contribution in [3.8, 4) is 0 Å². The Kier molecular flexibility index (Phi) is 5.74. The van der Waals surface area contributed by atoms with E-state index in [1.165, 1.54) is 51.4 Å². The lowest BCUT2D eigenvalue weighted by molar-refractivity contribution is -0.162. The highest BCUT2D eigenvalue weighted by molar-refractivity contribution is 5.12. The van der Waals surface area contributed by atoms with E-state index < -0.39 is 0 Å². The Morgan fingerprint density at radius 3 is 2.43 bits per heavy atom. The zero-order chi connectivity index (χ0) is 20.3. The summed E-state index contributed by atoms with van der Waals surface area (Å²) in [6.07, 6.45) is 12.6. The molecule has 4 aliphatic carbocycles. The Morgan fingerprint density at radius 1 is 0.964 bits per heavy atom. The molecular weight excluding hydrogens is 340 g/mol. The van der Waals surface area contributed by atoms with Crippen molar-refractivity contribution in [3.63, 3.8) is 0 Å². The molecule has 1 heteroatoms. The van der Waals surface area contributed by atoms with E-state index in [0.29, 0.717) is 17.4 Å². The van der Waals surface area contributed by atoms with Crippen molar-refractivity contribution in [2.75, 3.05) is 6.61 Å². The summed E-state index contributed by atoms with van der Waals surface area (Å²) in [5.74, 6) is 8.31. The van der Waals surface area contributed by atoms with E-state index in [1.54, 1.807) is 0 Å². The first-order valence-electron chi connectivity index (χ1n) is 12.8. The molecule has 0 spiro atoms. The predicted octanol–water partition coefficient (Wildman–Crippen LogP) is 7.18. The quantitative estimate of drug-likeness (QED) is 0.540.